The van der Waals surface area contributed by atoms with E-state index in [-0.39, 0.29) is 30.5 Å². The molecule has 1 aliphatic carbocycles. The van der Waals surface area contributed by atoms with Crippen LogP contribution in [0.3, 0.4) is 0 Å². The van der Waals surface area contributed by atoms with Crippen LogP contribution in [0.5, 0.6) is 5.88 Å². The summed E-state index contributed by atoms with van der Waals surface area (Å²) in [6.07, 6.45) is 4.33. The van der Waals surface area contributed by atoms with Gasteiger partial charge in [-0.25, -0.2) is 22.7 Å². The van der Waals surface area contributed by atoms with E-state index in [0.717, 1.165) is 38.9 Å². The lowest BCUT2D eigenvalue weighted by Gasteiger charge is -2.46. The number of imidazole rings is 1. The van der Waals surface area contributed by atoms with Crippen molar-refractivity contribution in [2.45, 2.75) is 51.1 Å². The number of halogens is 3. The second-order valence-corrected chi connectivity index (χ2v) is 9.82. The SMILES string of the molecule is COc1nc(NC2CCC3(CC2)COC3)nn2cc(F)c(-c3ccc4ncn(CCC(F)F)c4c3)c12. The second-order valence-electron chi connectivity index (χ2n) is 9.82. The maximum atomic E-state index is 15.3. The van der Waals surface area contributed by atoms with Crippen LogP contribution < -0.4 is 10.1 Å². The van der Waals surface area contributed by atoms with E-state index in [0.29, 0.717) is 33.5 Å². The summed E-state index contributed by atoms with van der Waals surface area (Å²) < 4.78 is 54.9. The van der Waals surface area contributed by atoms with E-state index in [1.807, 2.05) is 0 Å². The molecule has 1 N–H and O–H groups in total. The first-order valence-electron chi connectivity index (χ1n) is 12.2. The monoisotopic (exact) mass is 500 g/mol. The predicted octanol–water partition coefficient (Wildman–Crippen LogP) is 4.92. The van der Waals surface area contributed by atoms with Crippen LogP contribution in [0.15, 0.2) is 30.7 Å². The quantitative estimate of drug-likeness (QED) is 0.388. The first kappa shape index (κ1) is 23.1. The van der Waals surface area contributed by atoms with Crippen molar-refractivity contribution in [1.29, 1.82) is 0 Å². The third-order valence-corrected chi connectivity index (χ3v) is 7.44. The molecule has 1 aromatic carbocycles. The van der Waals surface area contributed by atoms with Crippen molar-refractivity contribution in [3.63, 3.8) is 0 Å². The number of nitrogens with one attached hydrogen (secondary N) is 1. The summed E-state index contributed by atoms with van der Waals surface area (Å²) in [5.41, 5.74) is 2.88. The number of alkyl halides is 2. The van der Waals surface area contributed by atoms with Gasteiger partial charge >= 0.3 is 0 Å². The Morgan fingerprint density at radius 2 is 2.06 bits per heavy atom. The highest BCUT2D eigenvalue weighted by Gasteiger charge is 2.41. The Bertz CT molecular complexity index is 1400. The lowest BCUT2D eigenvalue weighted by molar-refractivity contribution is -0.131. The van der Waals surface area contributed by atoms with Crippen LogP contribution in [0.2, 0.25) is 0 Å². The summed E-state index contributed by atoms with van der Waals surface area (Å²) in [6.45, 7) is 1.81. The van der Waals surface area contributed by atoms with E-state index >= 15 is 4.39 Å². The Hall–Kier alpha value is -3.34. The molecule has 1 saturated carbocycles. The molecule has 1 aliphatic heterocycles. The summed E-state index contributed by atoms with van der Waals surface area (Å²) in [5, 5.41) is 7.92. The summed E-state index contributed by atoms with van der Waals surface area (Å²) in [6, 6.07) is 5.48. The Balaban J connectivity index is 1.32. The van der Waals surface area contributed by atoms with E-state index in [2.05, 4.69) is 20.4 Å². The first-order chi connectivity index (χ1) is 17.4. The average molecular weight is 501 g/mol. The van der Waals surface area contributed by atoms with Crippen molar-refractivity contribution < 1.29 is 22.6 Å². The third-order valence-electron chi connectivity index (χ3n) is 7.44. The molecule has 8 nitrogen and oxygen atoms in total. The number of nitrogens with zero attached hydrogens (tertiary/aromatic N) is 5. The Morgan fingerprint density at radius 1 is 1.25 bits per heavy atom. The van der Waals surface area contributed by atoms with Crippen molar-refractivity contribution in [1.82, 2.24) is 24.1 Å². The minimum atomic E-state index is -2.41. The number of ether oxygens (including phenoxy) is 2. The Morgan fingerprint density at radius 3 is 2.75 bits per heavy atom. The number of anilines is 1. The molecule has 0 atom stereocenters. The molecule has 11 heteroatoms. The molecule has 0 bridgehead atoms. The number of methoxy groups -OCH3 is 1. The van der Waals surface area contributed by atoms with Gasteiger partial charge in [0.1, 0.15) is 5.52 Å². The molecular weight excluding hydrogens is 473 g/mol. The highest BCUT2D eigenvalue weighted by atomic mass is 19.3. The van der Waals surface area contributed by atoms with Gasteiger partial charge in [0.25, 0.3) is 0 Å². The first-order valence-corrected chi connectivity index (χ1v) is 12.2. The number of aromatic nitrogens is 5. The largest absolute Gasteiger partial charge is 0.479 e. The van der Waals surface area contributed by atoms with Crippen LogP contribution in [0, 0.1) is 11.2 Å². The molecule has 2 fully saturated rings. The van der Waals surface area contributed by atoms with Crippen LogP contribution >= 0.6 is 0 Å². The summed E-state index contributed by atoms with van der Waals surface area (Å²) in [5.74, 6) is 0.145. The maximum absolute atomic E-state index is 15.3. The van der Waals surface area contributed by atoms with Gasteiger partial charge in [0.05, 0.1) is 49.4 Å². The Kier molecular flexibility index (Phi) is 5.74. The molecule has 4 aromatic rings. The molecule has 190 valence electrons. The van der Waals surface area contributed by atoms with Gasteiger partial charge in [-0.3, -0.25) is 0 Å². The van der Waals surface area contributed by atoms with E-state index < -0.39 is 12.2 Å². The lowest BCUT2D eigenvalue weighted by atomic mass is 9.71. The van der Waals surface area contributed by atoms with Crippen LogP contribution in [-0.4, -0.2) is 56.9 Å². The minimum Gasteiger partial charge on any atom is -0.479 e. The van der Waals surface area contributed by atoms with Crippen LogP contribution in [-0.2, 0) is 11.3 Å². The Labute approximate surface area is 205 Å². The molecule has 36 heavy (non-hydrogen) atoms. The predicted molar refractivity (Wildman–Crippen MR) is 128 cm³/mol. The molecule has 2 aliphatic rings. The van der Waals surface area contributed by atoms with E-state index in [1.54, 1.807) is 22.8 Å². The molecule has 6 rings (SSSR count). The molecule has 0 amide bonds. The topological polar surface area (TPSA) is 78.5 Å². The van der Waals surface area contributed by atoms with Gasteiger partial charge in [0.2, 0.25) is 18.3 Å². The molecule has 1 saturated heterocycles. The number of aryl methyl sites for hydroxylation is 1. The van der Waals surface area contributed by atoms with Gasteiger partial charge < -0.3 is 19.4 Å². The summed E-state index contributed by atoms with van der Waals surface area (Å²) in [4.78, 5) is 8.82. The number of fused-ring (bicyclic) bond motifs is 2. The van der Waals surface area contributed by atoms with Gasteiger partial charge in [0, 0.05) is 24.4 Å². The van der Waals surface area contributed by atoms with Crippen molar-refractivity contribution in [2.75, 3.05) is 25.6 Å². The zero-order chi connectivity index (χ0) is 24.9. The third kappa shape index (κ3) is 4.04. The van der Waals surface area contributed by atoms with Crippen molar-refractivity contribution >= 4 is 22.5 Å². The normalized spacial score (nSPS) is 17.8. The highest BCUT2D eigenvalue weighted by molar-refractivity contribution is 5.90. The average Bonchev–Trinajstić information content (AvgIpc) is 3.41. The minimum absolute atomic E-state index is 0.118. The summed E-state index contributed by atoms with van der Waals surface area (Å²) >= 11 is 0. The number of hydrogen-bond acceptors (Lipinski definition) is 6. The smallest absolute Gasteiger partial charge is 0.244 e. The van der Waals surface area contributed by atoms with Gasteiger partial charge in [-0.2, -0.15) is 4.98 Å². The van der Waals surface area contributed by atoms with Gasteiger partial charge in [-0.1, -0.05) is 6.07 Å². The standard InChI is InChI=1S/C25H27F3N6O2/c1-35-23-22-21(15-2-3-18-19(10-15)33(14-29-18)9-6-20(27)28)17(26)11-34(22)32-24(31-23)30-16-4-7-25(8-5-16)12-36-13-25/h2-3,10-11,14,16,20H,4-9,12-13H2,1H3,(H,30,32). The molecule has 3 aromatic heterocycles. The van der Waals surface area contributed by atoms with Gasteiger partial charge in [0.15, 0.2) is 5.82 Å². The number of rotatable bonds is 7. The van der Waals surface area contributed by atoms with Gasteiger partial charge in [-0.15, -0.1) is 5.10 Å². The summed E-state index contributed by atoms with van der Waals surface area (Å²) in [7, 11) is 1.49. The molecule has 0 radical (unpaired) electrons. The fourth-order valence-electron chi connectivity index (χ4n) is 5.36. The fraction of sp³-hybridized carbons (Fsp3) is 0.480. The van der Waals surface area contributed by atoms with Crippen LogP contribution in [0.25, 0.3) is 27.7 Å². The van der Waals surface area contributed by atoms with Crippen molar-refractivity contribution in [3.8, 4) is 17.0 Å². The van der Waals surface area contributed by atoms with Crippen molar-refractivity contribution in [2.24, 2.45) is 5.41 Å². The zero-order valence-electron chi connectivity index (χ0n) is 19.9. The number of hydrogen-bond donors (Lipinski definition) is 1. The zero-order valence-corrected chi connectivity index (χ0v) is 19.9. The van der Waals surface area contributed by atoms with Crippen molar-refractivity contribution in [3.05, 3.63) is 36.5 Å². The molecule has 1 spiro atoms. The van der Waals surface area contributed by atoms with Gasteiger partial charge in [-0.05, 0) is 43.4 Å². The van der Waals surface area contributed by atoms with E-state index in [9.17, 15) is 8.78 Å². The molecule has 0 unspecified atom stereocenters. The van der Waals surface area contributed by atoms with Crippen LogP contribution in [0.1, 0.15) is 32.1 Å². The maximum Gasteiger partial charge on any atom is 0.244 e. The number of benzene rings is 1. The highest BCUT2D eigenvalue weighted by Crippen LogP contribution is 2.43. The molecular formula is C25H27F3N6O2. The lowest BCUT2D eigenvalue weighted by Crippen LogP contribution is -2.47. The van der Waals surface area contributed by atoms with E-state index in [4.69, 9.17) is 9.47 Å². The van der Waals surface area contributed by atoms with E-state index in [1.165, 1.54) is 24.1 Å². The molecule has 4 heterocycles. The fourth-order valence-corrected chi connectivity index (χ4v) is 5.36. The van der Waals surface area contributed by atoms with Crippen LogP contribution in [0.4, 0.5) is 19.1 Å². The second kappa shape index (κ2) is 8.95.